The first-order valence-corrected chi connectivity index (χ1v) is 19.6. The first-order valence-electron chi connectivity index (χ1n) is 7.01. The van der Waals surface area contributed by atoms with Crippen molar-refractivity contribution in [2.75, 3.05) is 0 Å². The van der Waals surface area contributed by atoms with Crippen molar-refractivity contribution in [3.8, 4) is 0 Å². The topological polar surface area (TPSA) is 40.5 Å². The standard InChI is InChI=1S/C12H34O2Si4/c1-11-18(13,14)12(15(2,3)4,16(5,6)7)17(8,9)10/h13-14H,11H2,1-10H3. The summed E-state index contributed by atoms with van der Waals surface area (Å²) in [6, 6.07) is 0.575. The molecule has 110 valence electrons. The molecule has 0 aromatic carbocycles. The third kappa shape index (κ3) is 2.64. The maximum absolute atomic E-state index is 11.0. The van der Waals surface area contributed by atoms with Crippen molar-refractivity contribution in [1.82, 2.24) is 0 Å². The molecule has 0 radical (unpaired) electrons. The van der Waals surface area contributed by atoms with Crippen LogP contribution >= 0.6 is 0 Å². The van der Waals surface area contributed by atoms with Crippen molar-refractivity contribution in [1.29, 1.82) is 0 Å². The second kappa shape index (κ2) is 4.96. The van der Waals surface area contributed by atoms with Crippen LogP contribution in [0.5, 0.6) is 0 Å². The normalized spacial score (nSPS) is 16.0. The fourth-order valence-electron chi connectivity index (χ4n) is 5.44. The molecule has 0 aliphatic heterocycles. The highest BCUT2D eigenvalue weighted by Gasteiger charge is 2.70. The fourth-order valence-corrected chi connectivity index (χ4v) is 49.0. The highest BCUT2D eigenvalue weighted by atomic mass is 28.5. The van der Waals surface area contributed by atoms with Gasteiger partial charge in [-0.1, -0.05) is 65.8 Å². The molecule has 0 amide bonds. The molecule has 2 N–H and O–H groups in total. The molecule has 18 heavy (non-hydrogen) atoms. The maximum atomic E-state index is 11.0. The Kier molecular flexibility index (Phi) is 5.18. The summed E-state index contributed by atoms with van der Waals surface area (Å²) in [7, 11) is -8.21. The van der Waals surface area contributed by atoms with Gasteiger partial charge in [0, 0.05) is 24.2 Å². The van der Waals surface area contributed by atoms with Crippen molar-refractivity contribution in [2.24, 2.45) is 0 Å². The summed E-state index contributed by atoms with van der Waals surface area (Å²) in [6.07, 6.45) is 0. The zero-order valence-electron chi connectivity index (χ0n) is 14.1. The Morgan fingerprint density at radius 3 is 0.944 bits per heavy atom. The summed E-state index contributed by atoms with van der Waals surface area (Å²) in [5.41, 5.74) is 0. The van der Waals surface area contributed by atoms with E-state index in [0.29, 0.717) is 6.04 Å². The van der Waals surface area contributed by atoms with Crippen LogP contribution in [0.4, 0.5) is 0 Å². The van der Waals surface area contributed by atoms with E-state index in [9.17, 15) is 9.59 Å². The molecule has 0 spiro atoms. The molecule has 0 saturated carbocycles. The van der Waals surface area contributed by atoms with Crippen LogP contribution in [0, 0.1) is 0 Å². The summed E-state index contributed by atoms with van der Waals surface area (Å²) in [5.74, 6) is 0. The van der Waals surface area contributed by atoms with Gasteiger partial charge in [-0.15, -0.1) is 0 Å². The molecule has 0 aliphatic carbocycles. The van der Waals surface area contributed by atoms with Gasteiger partial charge in [0.1, 0.15) is 0 Å². The van der Waals surface area contributed by atoms with Crippen LogP contribution in [-0.4, -0.2) is 42.4 Å². The minimum Gasteiger partial charge on any atom is -0.411 e. The quantitative estimate of drug-likeness (QED) is 0.756. The van der Waals surface area contributed by atoms with Gasteiger partial charge in [0.15, 0.2) is 0 Å². The van der Waals surface area contributed by atoms with Crippen LogP contribution in [0.25, 0.3) is 0 Å². The Balaban J connectivity index is 6.47. The smallest absolute Gasteiger partial charge is 0.330 e. The van der Waals surface area contributed by atoms with E-state index in [1.54, 1.807) is 0 Å². The Morgan fingerprint density at radius 2 is 0.889 bits per heavy atom. The predicted molar refractivity (Wildman–Crippen MR) is 93.4 cm³/mol. The molecule has 2 nitrogen and oxygen atoms in total. The van der Waals surface area contributed by atoms with E-state index < -0.39 is 32.8 Å². The van der Waals surface area contributed by atoms with Crippen LogP contribution in [0.3, 0.4) is 0 Å². The second-order valence-electron chi connectivity index (χ2n) is 8.67. The van der Waals surface area contributed by atoms with E-state index in [2.05, 4.69) is 58.9 Å². The lowest BCUT2D eigenvalue weighted by Crippen LogP contribution is -2.77. The summed E-state index contributed by atoms with van der Waals surface area (Å²) in [6.45, 7) is 23.2. The molecule has 0 heterocycles. The summed E-state index contributed by atoms with van der Waals surface area (Å²) >= 11 is 0. The Bertz CT molecular complexity index is 259. The van der Waals surface area contributed by atoms with Crippen molar-refractivity contribution >= 4 is 32.8 Å². The van der Waals surface area contributed by atoms with Crippen molar-refractivity contribution in [3.05, 3.63) is 0 Å². The van der Waals surface area contributed by atoms with Crippen molar-refractivity contribution < 1.29 is 9.59 Å². The number of hydrogen-bond acceptors (Lipinski definition) is 2. The SMILES string of the molecule is CC[Si](O)(O)C([Si](C)(C)C)([Si](C)(C)C)[Si](C)(C)C. The van der Waals surface area contributed by atoms with Crippen LogP contribution in [0.1, 0.15) is 6.92 Å². The minimum absolute atomic E-state index is 0.0747. The molecule has 0 saturated heterocycles. The van der Waals surface area contributed by atoms with Gasteiger partial charge in [0.05, 0.1) is 0 Å². The zero-order chi connectivity index (χ0) is 15.2. The van der Waals surface area contributed by atoms with E-state index >= 15 is 0 Å². The van der Waals surface area contributed by atoms with Gasteiger partial charge in [-0.2, -0.15) is 0 Å². The average Bonchev–Trinajstić information content (AvgIpc) is 1.94. The summed E-state index contributed by atoms with van der Waals surface area (Å²) < 4.78 is -0.0747. The Morgan fingerprint density at radius 1 is 0.667 bits per heavy atom. The van der Waals surface area contributed by atoms with Gasteiger partial charge in [-0.05, 0) is 9.95 Å². The molecule has 0 fully saturated rings. The van der Waals surface area contributed by atoms with Crippen LogP contribution in [0.2, 0.25) is 68.9 Å². The molecule has 0 aromatic heterocycles. The first-order chi connectivity index (χ1) is 7.56. The van der Waals surface area contributed by atoms with Gasteiger partial charge in [0.2, 0.25) is 0 Å². The van der Waals surface area contributed by atoms with Crippen LogP contribution in [-0.2, 0) is 0 Å². The highest BCUT2D eigenvalue weighted by Crippen LogP contribution is 2.58. The molecule has 0 bridgehead atoms. The minimum atomic E-state index is -3.18. The molecular weight excluding hydrogens is 288 g/mol. The summed E-state index contributed by atoms with van der Waals surface area (Å²) in [5, 5.41) is 0. The van der Waals surface area contributed by atoms with Gasteiger partial charge in [0.25, 0.3) is 0 Å². The van der Waals surface area contributed by atoms with E-state index in [1.807, 2.05) is 6.92 Å². The van der Waals surface area contributed by atoms with E-state index in [-0.39, 0.29) is 3.91 Å². The van der Waals surface area contributed by atoms with Crippen molar-refractivity contribution in [2.45, 2.75) is 75.8 Å². The lowest BCUT2D eigenvalue weighted by atomic mass is 11.0. The third-order valence-corrected chi connectivity index (χ3v) is 37.3. The molecule has 0 rings (SSSR count). The molecule has 0 unspecified atom stereocenters. The van der Waals surface area contributed by atoms with Crippen molar-refractivity contribution in [3.63, 3.8) is 0 Å². The third-order valence-electron chi connectivity index (χ3n) is 4.47. The highest BCUT2D eigenvalue weighted by molar-refractivity contribution is 7.27. The molecular formula is C12H34O2Si4. The van der Waals surface area contributed by atoms with Crippen LogP contribution in [0.15, 0.2) is 0 Å². The summed E-state index contributed by atoms with van der Waals surface area (Å²) in [4.78, 5) is 22.1. The number of rotatable bonds is 5. The first kappa shape index (κ1) is 18.8. The van der Waals surface area contributed by atoms with Gasteiger partial charge < -0.3 is 9.59 Å². The lowest BCUT2D eigenvalue weighted by Gasteiger charge is -2.62. The number of hydrogen-bond donors (Lipinski definition) is 2. The molecule has 0 atom stereocenters. The fraction of sp³-hybridized carbons (Fsp3) is 1.00. The second-order valence-corrected chi connectivity index (χ2v) is 30.5. The lowest BCUT2D eigenvalue weighted by molar-refractivity contribution is 0.355. The van der Waals surface area contributed by atoms with Crippen LogP contribution < -0.4 is 0 Å². The zero-order valence-corrected chi connectivity index (χ0v) is 18.1. The Hall–Kier alpha value is 0.788. The maximum Gasteiger partial charge on any atom is 0.330 e. The van der Waals surface area contributed by atoms with Gasteiger partial charge in [-0.25, -0.2) is 0 Å². The predicted octanol–water partition coefficient (Wildman–Crippen LogP) is 3.81. The van der Waals surface area contributed by atoms with E-state index in [0.717, 1.165) is 0 Å². The largest absolute Gasteiger partial charge is 0.411 e. The van der Waals surface area contributed by atoms with E-state index in [1.165, 1.54) is 0 Å². The molecule has 6 heteroatoms. The average molecular weight is 323 g/mol. The Labute approximate surface area is 118 Å². The molecule has 0 aromatic rings. The monoisotopic (exact) mass is 322 g/mol. The molecule has 0 aliphatic rings. The van der Waals surface area contributed by atoms with E-state index in [4.69, 9.17) is 0 Å². The van der Waals surface area contributed by atoms with Gasteiger partial charge >= 0.3 is 8.56 Å². The van der Waals surface area contributed by atoms with Gasteiger partial charge in [-0.3, -0.25) is 0 Å².